The summed E-state index contributed by atoms with van der Waals surface area (Å²) >= 11 is 0. The molecular formula is C27H27N5O3S. The fourth-order valence-electron chi connectivity index (χ4n) is 4.33. The Kier molecular flexibility index (Phi) is 6.58. The third kappa shape index (κ3) is 5.17. The highest BCUT2D eigenvalue weighted by Gasteiger charge is 2.22. The summed E-state index contributed by atoms with van der Waals surface area (Å²) in [7, 11) is -3.62. The fourth-order valence-corrected chi connectivity index (χ4v) is 5.47. The molecule has 1 aromatic heterocycles. The Morgan fingerprint density at radius 1 is 0.972 bits per heavy atom. The molecule has 0 aliphatic carbocycles. The normalized spacial score (nSPS) is 18.0. The molecule has 3 heterocycles. The number of carbonyl (C=O) groups is 1. The lowest BCUT2D eigenvalue weighted by atomic mass is 10.0. The van der Waals surface area contributed by atoms with E-state index >= 15 is 0 Å². The van der Waals surface area contributed by atoms with Crippen LogP contribution in [0.25, 0.3) is 10.8 Å². The molecule has 3 aromatic carbocycles. The molecular weight excluding hydrogens is 474 g/mol. The van der Waals surface area contributed by atoms with Crippen LogP contribution in [-0.2, 0) is 27.8 Å². The molecule has 4 aromatic rings. The molecule has 0 saturated heterocycles. The summed E-state index contributed by atoms with van der Waals surface area (Å²) in [6.07, 6.45) is 3.03. The maximum atomic E-state index is 13.4. The average Bonchev–Trinajstić information content (AvgIpc) is 2.89. The van der Waals surface area contributed by atoms with Gasteiger partial charge in [0.05, 0.1) is 4.90 Å². The Bertz CT molecular complexity index is 1520. The standard InChI is InChI=1S/C27H27N5O3S/c28-26-24-11-10-22(16-21(24)12-14-29-26)32-25-20-8-6-18(7-9-20)4-2-13-31-36(34,35)23-5-1-3-19(15-23)17-30-27(25)33/h1,3,5-12,14-16,25,31-32H,2,4,13,17H2,(H2,28,29)(H,30,33). The summed E-state index contributed by atoms with van der Waals surface area (Å²) in [6, 6.07) is 21.4. The van der Waals surface area contributed by atoms with E-state index in [0.717, 1.165) is 27.6 Å². The van der Waals surface area contributed by atoms with E-state index in [9.17, 15) is 13.2 Å². The van der Waals surface area contributed by atoms with E-state index < -0.39 is 16.1 Å². The first kappa shape index (κ1) is 23.8. The van der Waals surface area contributed by atoms with Crippen molar-refractivity contribution in [3.63, 3.8) is 0 Å². The predicted octanol–water partition coefficient (Wildman–Crippen LogP) is 3.51. The molecule has 0 saturated carbocycles. The monoisotopic (exact) mass is 501 g/mol. The van der Waals surface area contributed by atoms with Crippen LogP contribution in [0.2, 0.25) is 0 Å². The fraction of sp³-hybridized carbons (Fsp3) is 0.185. The van der Waals surface area contributed by atoms with Crippen molar-refractivity contribution in [2.75, 3.05) is 17.6 Å². The van der Waals surface area contributed by atoms with E-state index in [1.807, 2.05) is 48.5 Å². The third-order valence-corrected chi connectivity index (χ3v) is 7.75. The number of fused-ring (bicyclic) bond motifs is 10. The van der Waals surface area contributed by atoms with Crippen molar-refractivity contribution in [1.82, 2.24) is 15.0 Å². The molecule has 1 atom stereocenters. The highest BCUT2D eigenvalue weighted by atomic mass is 32.2. The Hall–Kier alpha value is -3.95. The lowest BCUT2D eigenvalue weighted by Gasteiger charge is -2.21. The molecule has 1 unspecified atom stereocenters. The van der Waals surface area contributed by atoms with Crippen LogP contribution in [0.3, 0.4) is 0 Å². The quantitative estimate of drug-likeness (QED) is 0.333. The van der Waals surface area contributed by atoms with Crippen molar-refractivity contribution in [2.45, 2.75) is 30.3 Å². The zero-order valence-electron chi connectivity index (χ0n) is 19.6. The smallest absolute Gasteiger partial charge is 0.247 e. The molecule has 1 amide bonds. The van der Waals surface area contributed by atoms with Crippen LogP contribution >= 0.6 is 0 Å². The second-order valence-corrected chi connectivity index (χ2v) is 10.6. The Labute approximate surface area is 210 Å². The number of nitrogens with zero attached hydrogens (tertiary/aromatic N) is 1. The molecule has 8 nitrogen and oxygen atoms in total. The highest BCUT2D eigenvalue weighted by Crippen LogP contribution is 2.26. The summed E-state index contributed by atoms with van der Waals surface area (Å²) in [5.74, 6) is 0.229. The number of aromatic nitrogens is 1. The number of pyridine rings is 1. The van der Waals surface area contributed by atoms with Crippen molar-refractivity contribution in [2.24, 2.45) is 0 Å². The van der Waals surface area contributed by atoms with E-state index in [-0.39, 0.29) is 17.3 Å². The highest BCUT2D eigenvalue weighted by molar-refractivity contribution is 7.89. The number of benzene rings is 3. The zero-order valence-corrected chi connectivity index (χ0v) is 20.4. The number of amides is 1. The number of aryl methyl sites for hydroxylation is 1. The molecule has 6 rings (SSSR count). The van der Waals surface area contributed by atoms with Gasteiger partial charge in [0, 0.05) is 30.4 Å². The summed E-state index contributed by atoms with van der Waals surface area (Å²) < 4.78 is 28.0. The summed E-state index contributed by atoms with van der Waals surface area (Å²) in [4.78, 5) is 17.7. The third-order valence-electron chi connectivity index (χ3n) is 6.29. The van der Waals surface area contributed by atoms with Gasteiger partial charge in [-0.05, 0) is 71.3 Å². The Balaban J connectivity index is 1.48. The van der Waals surface area contributed by atoms with Crippen LogP contribution in [0, 0.1) is 0 Å². The molecule has 9 heteroatoms. The number of nitrogens with two attached hydrogens (primary N) is 1. The number of nitrogen functional groups attached to an aromatic ring is 1. The largest absolute Gasteiger partial charge is 0.383 e. The van der Waals surface area contributed by atoms with Crippen molar-refractivity contribution >= 4 is 38.2 Å². The molecule has 0 radical (unpaired) electrons. The van der Waals surface area contributed by atoms with Crippen LogP contribution in [0.1, 0.15) is 29.2 Å². The van der Waals surface area contributed by atoms with Gasteiger partial charge >= 0.3 is 0 Å². The average molecular weight is 502 g/mol. The molecule has 0 fully saturated rings. The number of carbonyl (C=O) groups excluding carboxylic acids is 1. The van der Waals surface area contributed by atoms with Gasteiger partial charge in [-0.2, -0.15) is 0 Å². The van der Waals surface area contributed by atoms with Crippen molar-refractivity contribution in [1.29, 1.82) is 0 Å². The van der Waals surface area contributed by atoms with Gasteiger partial charge in [-0.25, -0.2) is 18.1 Å². The van der Waals surface area contributed by atoms with Gasteiger partial charge in [-0.3, -0.25) is 4.79 Å². The minimum atomic E-state index is -3.62. The van der Waals surface area contributed by atoms with Gasteiger partial charge in [0.15, 0.2) is 0 Å². The molecule has 184 valence electrons. The zero-order chi connectivity index (χ0) is 25.1. The first-order valence-electron chi connectivity index (χ1n) is 11.7. The van der Waals surface area contributed by atoms with Gasteiger partial charge in [-0.1, -0.05) is 36.4 Å². The second-order valence-electron chi connectivity index (χ2n) is 8.82. The van der Waals surface area contributed by atoms with Crippen LogP contribution in [0.4, 0.5) is 11.5 Å². The van der Waals surface area contributed by atoms with Crippen molar-refractivity contribution < 1.29 is 13.2 Å². The number of rotatable bonds is 2. The summed E-state index contributed by atoms with van der Waals surface area (Å²) in [5, 5.41) is 8.08. The van der Waals surface area contributed by atoms with Crippen molar-refractivity contribution in [3.05, 3.63) is 95.7 Å². The number of anilines is 2. The number of sulfonamides is 1. The molecule has 5 N–H and O–H groups in total. The Morgan fingerprint density at radius 3 is 2.64 bits per heavy atom. The lowest BCUT2D eigenvalue weighted by molar-refractivity contribution is -0.122. The lowest BCUT2D eigenvalue weighted by Crippen LogP contribution is -2.33. The topological polar surface area (TPSA) is 126 Å². The SMILES string of the molecule is Nc1nccc2cc(NC3C(=O)NCc4cccc(c4)S(=O)(=O)NCCCc4ccc3cc4)ccc12. The first-order valence-corrected chi connectivity index (χ1v) is 13.2. The number of hydrogen-bond acceptors (Lipinski definition) is 6. The van der Waals surface area contributed by atoms with E-state index in [0.29, 0.717) is 30.8 Å². The van der Waals surface area contributed by atoms with E-state index in [2.05, 4.69) is 20.3 Å². The second kappa shape index (κ2) is 9.96. The summed E-state index contributed by atoms with van der Waals surface area (Å²) in [6.45, 7) is 0.537. The van der Waals surface area contributed by atoms with E-state index in [1.54, 1.807) is 30.5 Å². The first-order chi connectivity index (χ1) is 17.4. The van der Waals surface area contributed by atoms with Gasteiger partial charge < -0.3 is 16.4 Å². The minimum absolute atomic E-state index is 0.185. The van der Waals surface area contributed by atoms with Crippen LogP contribution in [0.5, 0.6) is 0 Å². The van der Waals surface area contributed by atoms with Gasteiger partial charge in [0.1, 0.15) is 11.9 Å². The summed E-state index contributed by atoms with van der Waals surface area (Å²) in [5.41, 5.74) is 9.35. The maximum Gasteiger partial charge on any atom is 0.247 e. The van der Waals surface area contributed by atoms with Crippen LogP contribution in [0.15, 0.2) is 83.9 Å². The molecule has 4 bridgehead atoms. The minimum Gasteiger partial charge on any atom is -0.383 e. The van der Waals surface area contributed by atoms with E-state index in [4.69, 9.17) is 5.73 Å². The number of nitrogens with one attached hydrogen (secondary N) is 3. The van der Waals surface area contributed by atoms with E-state index in [1.165, 1.54) is 0 Å². The Morgan fingerprint density at radius 2 is 1.81 bits per heavy atom. The molecule has 2 aliphatic rings. The van der Waals surface area contributed by atoms with Crippen LogP contribution in [-0.4, -0.2) is 25.9 Å². The van der Waals surface area contributed by atoms with Crippen molar-refractivity contribution in [3.8, 4) is 0 Å². The maximum absolute atomic E-state index is 13.4. The van der Waals surface area contributed by atoms with Gasteiger partial charge in [0.25, 0.3) is 0 Å². The van der Waals surface area contributed by atoms with Gasteiger partial charge in [-0.15, -0.1) is 0 Å². The van der Waals surface area contributed by atoms with Crippen LogP contribution < -0.4 is 21.1 Å². The molecule has 2 aliphatic heterocycles. The molecule has 0 spiro atoms. The predicted molar refractivity (Wildman–Crippen MR) is 141 cm³/mol. The molecule has 36 heavy (non-hydrogen) atoms. The number of hydrogen-bond donors (Lipinski definition) is 4. The van der Waals surface area contributed by atoms with Gasteiger partial charge in [0.2, 0.25) is 15.9 Å².